The van der Waals surface area contributed by atoms with Gasteiger partial charge in [0, 0.05) is 17.6 Å². The summed E-state index contributed by atoms with van der Waals surface area (Å²) in [4.78, 5) is 4.33. The van der Waals surface area contributed by atoms with Gasteiger partial charge in [-0.25, -0.2) is 4.98 Å². The molecule has 1 aromatic heterocycles. The molecule has 0 aliphatic heterocycles. The molecule has 0 aromatic carbocycles. The highest BCUT2D eigenvalue weighted by Gasteiger charge is 2.14. The van der Waals surface area contributed by atoms with Gasteiger partial charge >= 0.3 is 0 Å². The largest absolute Gasteiger partial charge is 0.334 e. The summed E-state index contributed by atoms with van der Waals surface area (Å²) in [6.07, 6.45) is 11.0. The molecule has 0 unspecified atom stereocenters. The maximum Gasteiger partial charge on any atom is 0.0952 e. The Hall–Kier alpha value is -0.310. The van der Waals surface area contributed by atoms with Crippen molar-refractivity contribution in [3.8, 4) is 0 Å². The number of rotatable bonds is 2. The van der Waals surface area contributed by atoms with Gasteiger partial charge < -0.3 is 4.57 Å². The van der Waals surface area contributed by atoms with E-state index in [0.717, 1.165) is 11.0 Å². The highest BCUT2D eigenvalue weighted by molar-refractivity contribution is 9.08. The molecular weight excluding hydrogens is 228 g/mol. The van der Waals surface area contributed by atoms with Gasteiger partial charge in [0.1, 0.15) is 0 Å². The summed E-state index contributed by atoms with van der Waals surface area (Å²) in [7, 11) is 0. The summed E-state index contributed by atoms with van der Waals surface area (Å²) < 4.78 is 2.29. The van der Waals surface area contributed by atoms with E-state index in [1.807, 2.05) is 6.33 Å². The number of halogens is 1. The van der Waals surface area contributed by atoms with Crippen molar-refractivity contribution in [2.45, 2.75) is 43.5 Å². The monoisotopic (exact) mass is 242 g/mol. The fraction of sp³-hybridized carbons (Fsp3) is 0.700. The molecule has 3 heteroatoms. The van der Waals surface area contributed by atoms with Crippen molar-refractivity contribution in [3.05, 3.63) is 18.2 Å². The Morgan fingerprint density at radius 1 is 1.38 bits per heavy atom. The molecule has 13 heavy (non-hydrogen) atoms. The van der Waals surface area contributed by atoms with Gasteiger partial charge in [-0.3, -0.25) is 0 Å². The summed E-state index contributed by atoms with van der Waals surface area (Å²) in [5.41, 5.74) is 1.14. The zero-order valence-corrected chi connectivity index (χ0v) is 9.33. The third kappa shape index (κ3) is 2.13. The lowest BCUT2D eigenvalue weighted by Crippen LogP contribution is -2.10. The van der Waals surface area contributed by atoms with Crippen LogP contribution in [-0.2, 0) is 5.33 Å². The van der Waals surface area contributed by atoms with Gasteiger partial charge in [0.2, 0.25) is 0 Å². The Balaban J connectivity index is 2.05. The highest BCUT2D eigenvalue weighted by Crippen LogP contribution is 2.27. The molecule has 2 rings (SSSR count). The molecule has 1 aromatic rings. The van der Waals surface area contributed by atoms with E-state index in [2.05, 4.69) is 31.7 Å². The van der Waals surface area contributed by atoms with Crippen LogP contribution in [0.2, 0.25) is 0 Å². The SMILES string of the molecule is BrCc1cn(C2CCCCC2)cn1. The fourth-order valence-electron chi connectivity index (χ4n) is 2.03. The topological polar surface area (TPSA) is 17.8 Å². The van der Waals surface area contributed by atoms with Crippen molar-refractivity contribution in [3.63, 3.8) is 0 Å². The zero-order chi connectivity index (χ0) is 9.10. The van der Waals surface area contributed by atoms with Gasteiger partial charge in [0.25, 0.3) is 0 Å². The summed E-state index contributed by atoms with van der Waals surface area (Å²) in [5, 5.41) is 0.868. The summed E-state index contributed by atoms with van der Waals surface area (Å²) in [6, 6.07) is 0.717. The van der Waals surface area contributed by atoms with Crippen LogP contribution in [0.5, 0.6) is 0 Å². The molecule has 0 amide bonds. The Morgan fingerprint density at radius 2 is 2.15 bits per heavy atom. The van der Waals surface area contributed by atoms with Crippen molar-refractivity contribution >= 4 is 15.9 Å². The number of imidazole rings is 1. The molecule has 1 aliphatic carbocycles. The van der Waals surface area contributed by atoms with Crippen molar-refractivity contribution < 1.29 is 0 Å². The minimum absolute atomic E-state index is 0.717. The number of alkyl halides is 1. The molecule has 2 nitrogen and oxygen atoms in total. The van der Waals surface area contributed by atoms with Crippen molar-refractivity contribution in [1.29, 1.82) is 0 Å². The molecule has 1 aliphatic rings. The number of hydrogen-bond donors (Lipinski definition) is 0. The molecule has 0 N–H and O–H groups in total. The highest BCUT2D eigenvalue weighted by atomic mass is 79.9. The third-order valence-electron chi connectivity index (χ3n) is 2.79. The first-order valence-electron chi connectivity index (χ1n) is 4.98. The van der Waals surface area contributed by atoms with E-state index in [4.69, 9.17) is 0 Å². The Labute approximate surface area is 87.5 Å². The molecule has 0 atom stereocenters. The average Bonchev–Trinajstić information content (AvgIpc) is 2.67. The smallest absolute Gasteiger partial charge is 0.0952 e. The van der Waals surface area contributed by atoms with Crippen LogP contribution in [0, 0.1) is 0 Å². The lowest BCUT2D eigenvalue weighted by molar-refractivity contribution is 0.353. The van der Waals surface area contributed by atoms with Gasteiger partial charge in [-0.15, -0.1) is 0 Å². The van der Waals surface area contributed by atoms with Crippen LogP contribution >= 0.6 is 15.9 Å². The van der Waals surface area contributed by atoms with Crippen LogP contribution in [0.25, 0.3) is 0 Å². The van der Waals surface area contributed by atoms with Crippen LogP contribution in [0.1, 0.15) is 43.8 Å². The molecular formula is C10H15BrN2. The van der Waals surface area contributed by atoms with Crippen LogP contribution < -0.4 is 0 Å². The molecule has 0 bridgehead atoms. The van der Waals surface area contributed by atoms with E-state index in [0.29, 0.717) is 6.04 Å². The van der Waals surface area contributed by atoms with E-state index in [-0.39, 0.29) is 0 Å². The average molecular weight is 243 g/mol. The second kappa shape index (κ2) is 4.27. The quantitative estimate of drug-likeness (QED) is 0.729. The van der Waals surface area contributed by atoms with E-state index >= 15 is 0 Å². The van der Waals surface area contributed by atoms with Gasteiger partial charge in [0.15, 0.2) is 0 Å². The summed E-state index contributed by atoms with van der Waals surface area (Å²) >= 11 is 3.42. The molecule has 1 fully saturated rings. The van der Waals surface area contributed by atoms with E-state index in [1.165, 1.54) is 32.1 Å². The van der Waals surface area contributed by atoms with Crippen LogP contribution in [-0.4, -0.2) is 9.55 Å². The van der Waals surface area contributed by atoms with Crippen LogP contribution in [0.4, 0.5) is 0 Å². The van der Waals surface area contributed by atoms with E-state index < -0.39 is 0 Å². The summed E-state index contributed by atoms with van der Waals surface area (Å²) in [5.74, 6) is 0. The van der Waals surface area contributed by atoms with Crippen LogP contribution in [0.15, 0.2) is 12.5 Å². The molecule has 0 saturated heterocycles. The lowest BCUT2D eigenvalue weighted by Gasteiger charge is -2.22. The van der Waals surface area contributed by atoms with Crippen molar-refractivity contribution in [1.82, 2.24) is 9.55 Å². The lowest BCUT2D eigenvalue weighted by atomic mass is 9.95. The Morgan fingerprint density at radius 3 is 2.77 bits per heavy atom. The van der Waals surface area contributed by atoms with Gasteiger partial charge in [-0.1, -0.05) is 35.2 Å². The summed E-state index contributed by atoms with van der Waals surface area (Å²) in [6.45, 7) is 0. The zero-order valence-electron chi connectivity index (χ0n) is 7.75. The molecule has 1 saturated carbocycles. The second-order valence-electron chi connectivity index (χ2n) is 3.74. The molecule has 0 spiro atoms. The van der Waals surface area contributed by atoms with Crippen molar-refractivity contribution in [2.24, 2.45) is 0 Å². The predicted molar refractivity (Wildman–Crippen MR) is 57.0 cm³/mol. The maximum atomic E-state index is 4.33. The first-order valence-corrected chi connectivity index (χ1v) is 6.10. The number of nitrogens with zero attached hydrogens (tertiary/aromatic N) is 2. The second-order valence-corrected chi connectivity index (χ2v) is 4.30. The Bertz CT molecular complexity index is 264. The van der Waals surface area contributed by atoms with Gasteiger partial charge in [0.05, 0.1) is 12.0 Å². The molecule has 1 heterocycles. The maximum absolute atomic E-state index is 4.33. The van der Waals surface area contributed by atoms with Crippen LogP contribution in [0.3, 0.4) is 0 Å². The van der Waals surface area contributed by atoms with E-state index in [9.17, 15) is 0 Å². The first-order chi connectivity index (χ1) is 6.40. The Kier molecular flexibility index (Phi) is 3.04. The van der Waals surface area contributed by atoms with E-state index in [1.54, 1.807) is 0 Å². The minimum atomic E-state index is 0.717. The number of hydrogen-bond acceptors (Lipinski definition) is 1. The standard InChI is InChI=1S/C10H15BrN2/c11-6-9-7-13(8-12-9)10-4-2-1-3-5-10/h7-8,10H,1-6H2. The predicted octanol–water partition coefficient (Wildman–Crippen LogP) is 3.28. The van der Waals surface area contributed by atoms with Gasteiger partial charge in [-0.05, 0) is 12.8 Å². The number of aromatic nitrogens is 2. The molecule has 72 valence electrons. The third-order valence-corrected chi connectivity index (χ3v) is 3.36. The molecule has 0 radical (unpaired) electrons. The minimum Gasteiger partial charge on any atom is -0.334 e. The fourth-order valence-corrected chi connectivity index (χ4v) is 2.32. The van der Waals surface area contributed by atoms with Gasteiger partial charge in [-0.2, -0.15) is 0 Å². The van der Waals surface area contributed by atoms with Crippen molar-refractivity contribution in [2.75, 3.05) is 0 Å². The normalized spacial score (nSPS) is 19.2. The first kappa shape index (κ1) is 9.25.